The summed E-state index contributed by atoms with van der Waals surface area (Å²) in [6.45, 7) is 2.74. The molecule has 0 fully saturated rings. The van der Waals surface area contributed by atoms with Gasteiger partial charge in [0, 0.05) is 18.4 Å². The van der Waals surface area contributed by atoms with Crippen LogP contribution >= 0.6 is 23.1 Å². The van der Waals surface area contributed by atoms with Gasteiger partial charge in [-0.25, -0.2) is 19.9 Å². The van der Waals surface area contributed by atoms with E-state index in [0.717, 1.165) is 43.7 Å². The lowest BCUT2D eigenvalue weighted by Crippen LogP contribution is -3.34. The van der Waals surface area contributed by atoms with E-state index in [0.29, 0.717) is 5.82 Å². The van der Waals surface area contributed by atoms with Crippen LogP contribution in [-0.2, 0) is 6.54 Å². The fraction of sp³-hybridized carbons (Fsp3) is 0.190. The average Bonchev–Trinajstić information content (AvgIpc) is 3.19. The maximum Gasteiger partial charge on any atom is 0.297 e. The first-order valence-corrected chi connectivity index (χ1v) is 12.2. The normalized spacial score (nSPS) is 11.1. The van der Waals surface area contributed by atoms with Crippen LogP contribution in [0.5, 0.6) is 0 Å². The number of rotatable bonds is 7. The van der Waals surface area contributed by atoms with Crippen molar-refractivity contribution in [2.24, 2.45) is 0 Å². The molecule has 0 aliphatic carbocycles. The van der Waals surface area contributed by atoms with Crippen molar-refractivity contribution >= 4 is 34.0 Å². The van der Waals surface area contributed by atoms with Crippen molar-refractivity contribution in [1.29, 1.82) is 0 Å². The summed E-state index contributed by atoms with van der Waals surface area (Å²) in [6.07, 6.45) is 5.33. The Labute approximate surface area is 202 Å². The molecule has 4 aromatic rings. The van der Waals surface area contributed by atoms with Gasteiger partial charge in [0.25, 0.3) is 22.6 Å². The molecule has 0 radical (unpaired) electrons. The lowest BCUT2D eigenvalue weighted by atomic mass is 10.3. The maximum atomic E-state index is 4.76. The van der Waals surface area contributed by atoms with Gasteiger partial charge in [0.15, 0.2) is 19.7 Å². The Morgan fingerprint density at radius 3 is 2.65 bits per heavy atom. The van der Waals surface area contributed by atoms with Crippen molar-refractivity contribution in [2.45, 2.75) is 23.5 Å². The fourth-order valence-corrected chi connectivity index (χ4v) is 5.14. The lowest BCUT2D eigenvalue weighted by Gasteiger charge is -2.08. The molecule has 10 heteroatoms. The molecule has 0 saturated carbocycles. The number of hydrogen-bond acceptors (Lipinski definition) is 9. The van der Waals surface area contributed by atoms with Crippen LogP contribution in [0.1, 0.15) is 11.4 Å². The second kappa shape index (κ2) is 9.98. The number of benzene rings is 1. The molecule has 0 bridgehead atoms. The van der Waals surface area contributed by atoms with Gasteiger partial charge >= 0.3 is 0 Å². The summed E-state index contributed by atoms with van der Waals surface area (Å²) in [6, 6.07) is 10.2. The first-order chi connectivity index (χ1) is 15.0. The van der Waals surface area contributed by atoms with Gasteiger partial charge in [0.1, 0.15) is 0 Å². The Morgan fingerprint density at radius 1 is 1.06 bits per heavy atom. The van der Waals surface area contributed by atoms with Crippen LogP contribution in [-0.4, -0.2) is 43.9 Å². The molecule has 0 amide bonds. The van der Waals surface area contributed by atoms with Crippen molar-refractivity contribution in [3.05, 3.63) is 63.9 Å². The Hall–Kier alpha value is -2.15. The molecule has 3 heterocycles. The highest BCUT2D eigenvalue weighted by molar-refractivity contribution is 7.99. The first kappa shape index (κ1) is 22.1. The summed E-state index contributed by atoms with van der Waals surface area (Å²) in [5.41, 5.74) is 2.71. The van der Waals surface area contributed by atoms with E-state index in [1.165, 1.54) is 14.9 Å². The van der Waals surface area contributed by atoms with E-state index in [9.17, 15) is 0 Å². The molecule has 31 heavy (non-hydrogen) atoms. The second-order valence-electron chi connectivity index (χ2n) is 7.01. The van der Waals surface area contributed by atoms with Crippen LogP contribution < -0.4 is 27.9 Å². The number of aryl methyl sites for hydroxylation is 1. The number of thiazole rings is 1. The minimum atomic E-state index is 0.665. The molecule has 3 aromatic heterocycles. The summed E-state index contributed by atoms with van der Waals surface area (Å²) in [4.78, 5) is 26.9. The quantitative estimate of drug-likeness (QED) is 0.265. The second-order valence-corrected chi connectivity index (χ2v) is 10.3. The molecule has 0 atom stereocenters. The molecule has 4 rings (SSSR count). The van der Waals surface area contributed by atoms with Crippen molar-refractivity contribution in [3.8, 4) is 10.6 Å². The highest BCUT2D eigenvalue weighted by Gasteiger charge is 2.13. The number of hydrogen-bond donors (Lipinski definition) is 1. The third-order valence-electron chi connectivity index (χ3n) is 4.06. The number of nitrogens with zero attached hydrogens (tertiary/aromatic N) is 6. The van der Waals surface area contributed by atoms with Gasteiger partial charge in [-0.3, -0.25) is 4.98 Å². The monoisotopic (exact) mass is 562 g/mol. The van der Waals surface area contributed by atoms with Gasteiger partial charge in [-0.1, -0.05) is 23.5 Å². The van der Waals surface area contributed by atoms with Crippen molar-refractivity contribution in [3.63, 3.8) is 0 Å². The van der Waals surface area contributed by atoms with E-state index in [1.807, 2.05) is 68.0 Å². The Morgan fingerprint density at radius 2 is 1.90 bits per heavy atom. The van der Waals surface area contributed by atoms with Crippen LogP contribution in [0.2, 0.25) is 0 Å². The van der Waals surface area contributed by atoms with Gasteiger partial charge in [-0.2, -0.15) is 0 Å². The Kier molecular flexibility index (Phi) is 7.10. The topological polar surface area (TPSA) is 79.7 Å². The molecule has 1 N–H and O–H groups in total. The zero-order valence-corrected chi connectivity index (χ0v) is 21.2. The summed E-state index contributed by atoms with van der Waals surface area (Å²) in [7, 11) is 4.01. The molecular weight excluding hydrogens is 541 g/mol. The number of aromatic nitrogens is 5. The fourth-order valence-electron chi connectivity index (χ4n) is 2.73. The van der Waals surface area contributed by atoms with E-state index < -0.39 is 0 Å². The van der Waals surface area contributed by atoms with E-state index in [4.69, 9.17) is 4.98 Å². The minimum Gasteiger partial charge on any atom is -0.315 e. The van der Waals surface area contributed by atoms with Gasteiger partial charge in [0.05, 0.1) is 33.6 Å². The predicted octanol–water partition coefficient (Wildman–Crippen LogP) is 1.11. The SMILES string of the molecule is Cc1cc(-c2cnc(Nc3cnc(CN(C)C)cn3)s2)nc(Sc2ccccc2[IH+])n1. The molecule has 7 nitrogen and oxygen atoms in total. The zero-order chi connectivity index (χ0) is 21.8. The number of halogens is 1. The smallest absolute Gasteiger partial charge is 0.297 e. The summed E-state index contributed by atoms with van der Waals surface area (Å²) >= 11 is 5.12. The number of nitrogens with one attached hydrogen (secondary N) is 1. The Bertz CT molecular complexity index is 1180. The summed E-state index contributed by atoms with van der Waals surface area (Å²) < 4.78 is 1.22. The van der Waals surface area contributed by atoms with E-state index >= 15 is 0 Å². The summed E-state index contributed by atoms with van der Waals surface area (Å²) in [5.74, 6) is 0.665. The van der Waals surface area contributed by atoms with E-state index in [2.05, 4.69) is 42.3 Å². The molecule has 1 aromatic carbocycles. The maximum absolute atomic E-state index is 4.76. The minimum absolute atomic E-state index is 0.665. The van der Waals surface area contributed by atoms with E-state index in [-0.39, 0.29) is 0 Å². The van der Waals surface area contributed by atoms with E-state index in [1.54, 1.807) is 24.2 Å². The van der Waals surface area contributed by atoms with Gasteiger partial charge in [-0.05, 0) is 51.0 Å². The summed E-state index contributed by atoms with van der Waals surface area (Å²) in [5, 5.41) is 4.70. The highest BCUT2D eigenvalue weighted by atomic mass is 127. The molecule has 158 valence electrons. The third kappa shape index (κ3) is 5.97. The number of anilines is 2. The van der Waals surface area contributed by atoms with Crippen LogP contribution in [0.4, 0.5) is 10.9 Å². The molecule has 0 spiro atoms. The van der Waals surface area contributed by atoms with Crippen LogP contribution in [0.25, 0.3) is 10.6 Å². The van der Waals surface area contributed by atoms with Crippen molar-refractivity contribution in [1.82, 2.24) is 29.8 Å². The average molecular weight is 562 g/mol. The third-order valence-corrected chi connectivity index (χ3v) is 7.36. The standard InChI is InChI=1S/C21H21IN7S2/c1-13-8-16(27-21(26-13)30-17-7-5-4-6-15(17)22)18-10-25-20(31-18)28-19-11-23-14(9-24-19)12-29(2)3/h4-11,22H,12H2,1-3H3,(H,24,25,28)/q+1. The molecule has 0 unspecified atom stereocenters. The molecular formula is C21H21IN7S2+. The van der Waals surface area contributed by atoms with Crippen molar-refractivity contribution in [2.75, 3.05) is 19.4 Å². The predicted molar refractivity (Wildman–Crippen MR) is 121 cm³/mol. The zero-order valence-electron chi connectivity index (χ0n) is 17.2. The van der Waals surface area contributed by atoms with Gasteiger partial charge < -0.3 is 10.2 Å². The van der Waals surface area contributed by atoms with Crippen molar-refractivity contribution < 1.29 is 22.6 Å². The van der Waals surface area contributed by atoms with Crippen LogP contribution in [0.3, 0.4) is 0 Å². The largest absolute Gasteiger partial charge is 0.315 e. The first-order valence-electron chi connectivity index (χ1n) is 9.45. The van der Waals surface area contributed by atoms with Gasteiger partial charge in [-0.15, -0.1) is 0 Å². The van der Waals surface area contributed by atoms with Crippen LogP contribution in [0, 0.1) is 10.5 Å². The molecule has 0 aliphatic rings. The van der Waals surface area contributed by atoms with Gasteiger partial charge in [0.2, 0.25) is 0 Å². The molecule has 0 saturated heterocycles. The lowest BCUT2D eigenvalue weighted by molar-refractivity contribution is -0.333. The molecule has 0 aliphatic heterocycles. The highest BCUT2D eigenvalue weighted by Crippen LogP contribution is 2.32. The van der Waals surface area contributed by atoms with Crippen LogP contribution in [0.15, 0.2) is 59.0 Å². The Balaban J connectivity index is 1.51.